The van der Waals surface area contributed by atoms with Crippen LogP contribution in [-0.2, 0) is 9.47 Å². The van der Waals surface area contributed by atoms with Crippen molar-refractivity contribution in [3.05, 3.63) is 34.9 Å². The van der Waals surface area contributed by atoms with Crippen LogP contribution in [0.1, 0.15) is 35.3 Å². The molecule has 0 heterocycles. The van der Waals surface area contributed by atoms with E-state index in [1.54, 1.807) is 0 Å². The van der Waals surface area contributed by atoms with Crippen molar-refractivity contribution >= 4 is 5.78 Å². The second-order valence-electron chi connectivity index (χ2n) is 3.93. The highest BCUT2D eigenvalue weighted by atomic mass is 16.7. The van der Waals surface area contributed by atoms with Gasteiger partial charge in [0.05, 0.1) is 0 Å². The minimum Gasteiger partial charge on any atom is -0.346 e. The van der Waals surface area contributed by atoms with Crippen molar-refractivity contribution in [2.75, 3.05) is 13.2 Å². The van der Waals surface area contributed by atoms with Gasteiger partial charge in [-0.3, -0.25) is 4.79 Å². The van der Waals surface area contributed by atoms with Gasteiger partial charge in [-0.1, -0.05) is 17.7 Å². The Morgan fingerprint density at radius 2 is 1.76 bits per heavy atom. The van der Waals surface area contributed by atoms with E-state index < -0.39 is 6.29 Å². The van der Waals surface area contributed by atoms with Crippen LogP contribution in [0.2, 0.25) is 0 Å². The fourth-order valence-electron chi connectivity index (χ4n) is 1.63. The van der Waals surface area contributed by atoms with E-state index in [4.69, 9.17) is 9.47 Å². The lowest BCUT2D eigenvalue weighted by Crippen LogP contribution is -2.28. The van der Waals surface area contributed by atoms with E-state index in [1.165, 1.54) is 0 Å². The highest BCUT2D eigenvalue weighted by Gasteiger charge is 2.22. The van der Waals surface area contributed by atoms with Crippen LogP contribution in [-0.4, -0.2) is 25.3 Å². The van der Waals surface area contributed by atoms with Crippen molar-refractivity contribution in [1.29, 1.82) is 0 Å². The van der Waals surface area contributed by atoms with Crippen LogP contribution in [0.5, 0.6) is 0 Å². The zero-order chi connectivity index (χ0) is 12.8. The van der Waals surface area contributed by atoms with Crippen molar-refractivity contribution in [2.45, 2.75) is 34.0 Å². The lowest BCUT2D eigenvalue weighted by molar-refractivity contribution is -0.107. The largest absolute Gasteiger partial charge is 0.346 e. The first-order valence-electron chi connectivity index (χ1n) is 5.94. The smallest absolute Gasteiger partial charge is 0.222 e. The van der Waals surface area contributed by atoms with Crippen LogP contribution < -0.4 is 0 Å². The number of hydrogen-bond acceptors (Lipinski definition) is 3. The van der Waals surface area contributed by atoms with Gasteiger partial charge in [0.1, 0.15) is 0 Å². The number of benzene rings is 1. The average Bonchev–Trinajstić information content (AvgIpc) is 2.31. The summed E-state index contributed by atoms with van der Waals surface area (Å²) in [7, 11) is 0. The molecule has 1 aromatic rings. The molecule has 1 aromatic carbocycles. The van der Waals surface area contributed by atoms with Gasteiger partial charge in [0, 0.05) is 18.8 Å². The van der Waals surface area contributed by atoms with Gasteiger partial charge in [-0.2, -0.15) is 0 Å². The zero-order valence-electron chi connectivity index (χ0n) is 10.9. The molecule has 0 unspecified atom stereocenters. The fourth-order valence-corrected chi connectivity index (χ4v) is 1.63. The van der Waals surface area contributed by atoms with Gasteiger partial charge in [-0.05, 0) is 39.3 Å². The summed E-state index contributed by atoms with van der Waals surface area (Å²) in [6.45, 7) is 8.50. The highest BCUT2D eigenvalue weighted by molar-refractivity contribution is 6.00. The normalized spacial score (nSPS) is 10.9. The number of carbonyl (C=O) groups is 1. The number of rotatable bonds is 6. The Labute approximate surface area is 103 Å². The lowest BCUT2D eigenvalue weighted by Gasteiger charge is -2.17. The van der Waals surface area contributed by atoms with E-state index in [1.807, 2.05) is 45.9 Å². The van der Waals surface area contributed by atoms with E-state index in [0.29, 0.717) is 18.8 Å². The summed E-state index contributed by atoms with van der Waals surface area (Å²) >= 11 is 0. The van der Waals surface area contributed by atoms with Crippen molar-refractivity contribution in [3.8, 4) is 0 Å². The molecular formula is C14H20O3. The quantitative estimate of drug-likeness (QED) is 0.563. The zero-order valence-corrected chi connectivity index (χ0v) is 10.9. The fraction of sp³-hybridized carbons (Fsp3) is 0.500. The van der Waals surface area contributed by atoms with E-state index in [-0.39, 0.29) is 5.78 Å². The molecule has 3 heteroatoms. The van der Waals surface area contributed by atoms with Crippen molar-refractivity contribution in [2.24, 2.45) is 0 Å². The molecule has 1 rings (SSSR count). The topological polar surface area (TPSA) is 35.5 Å². The number of Topliss-reactive ketones (excluding diaryl/α,β-unsaturated/α-hetero) is 1. The number of aryl methyl sites for hydroxylation is 2. The van der Waals surface area contributed by atoms with Crippen molar-refractivity contribution in [3.63, 3.8) is 0 Å². The summed E-state index contributed by atoms with van der Waals surface area (Å²) in [6, 6.07) is 5.81. The maximum atomic E-state index is 12.2. The number of ketones is 1. The van der Waals surface area contributed by atoms with Gasteiger partial charge in [0.25, 0.3) is 0 Å². The van der Waals surface area contributed by atoms with E-state index in [0.717, 1.165) is 11.1 Å². The number of ether oxygens (including phenoxy) is 2. The van der Waals surface area contributed by atoms with Gasteiger partial charge in [0.15, 0.2) is 0 Å². The molecule has 0 radical (unpaired) electrons. The molecule has 0 saturated carbocycles. The first kappa shape index (κ1) is 13.9. The van der Waals surface area contributed by atoms with Gasteiger partial charge in [0.2, 0.25) is 12.1 Å². The molecular weight excluding hydrogens is 216 g/mol. The van der Waals surface area contributed by atoms with Crippen LogP contribution in [0.4, 0.5) is 0 Å². The molecule has 0 amide bonds. The summed E-state index contributed by atoms with van der Waals surface area (Å²) in [5.41, 5.74) is 2.69. The highest BCUT2D eigenvalue weighted by Crippen LogP contribution is 2.15. The van der Waals surface area contributed by atoms with E-state index in [2.05, 4.69) is 0 Å². The summed E-state index contributed by atoms with van der Waals surface area (Å²) in [5, 5.41) is 0. The Morgan fingerprint density at radius 1 is 1.18 bits per heavy atom. The molecule has 0 N–H and O–H groups in total. The summed E-state index contributed by atoms with van der Waals surface area (Å²) in [4.78, 5) is 12.2. The molecule has 0 atom stereocenters. The second-order valence-corrected chi connectivity index (χ2v) is 3.93. The van der Waals surface area contributed by atoms with Gasteiger partial charge in [-0.25, -0.2) is 0 Å². The Bertz CT molecular complexity index is 379. The molecule has 3 nitrogen and oxygen atoms in total. The number of hydrogen-bond donors (Lipinski definition) is 0. The monoisotopic (exact) mass is 236 g/mol. The molecule has 0 fully saturated rings. The molecule has 0 aliphatic rings. The Hall–Kier alpha value is -1.19. The maximum absolute atomic E-state index is 12.2. The molecule has 17 heavy (non-hydrogen) atoms. The average molecular weight is 236 g/mol. The van der Waals surface area contributed by atoms with Gasteiger partial charge in [-0.15, -0.1) is 0 Å². The minimum atomic E-state index is -0.787. The molecule has 0 spiro atoms. The molecule has 0 bridgehead atoms. The van der Waals surface area contributed by atoms with Crippen LogP contribution in [0, 0.1) is 13.8 Å². The van der Waals surface area contributed by atoms with Crippen LogP contribution >= 0.6 is 0 Å². The second kappa shape index (κ2) is 6.52. The van der Waals surface area contributed by atoms with Gasteiger partial charge >= 0.3 is 0 Å². The molecule has 94 valence electrons. The van der Waals surface area contributed by atoms with Gasteiger partial charge < -0.3 is 9.47 Å². The predicted octanol–water partition coefficient (Wildman–Crippen LogP) is 2.89. The van der Waals surface area contributed by atoms with Crippen LogP contribution in [0.25, 0.3) is 0 Å². The number of carbonyl (C=O) groups excluding carboxylic acids is 1. The maximum Gasteiger partial charge on any atom is 0.222 e. The summed E-state index contributed by atoms with van der Waals surface area (Å²) in [6.07, 6.45) is -0.787. The Morgan fingerprint density at radius 3 is 2.29 bits per heavy atom. The van der Waals surface area contributed by atoms with Crippen LogP contribution in [0.3, 0.4) is 0 Å². The third kappa shape index (κ3) is 3.65. The Kier molecular flexibility index (Phi) is 5.32. The first-order chi connectivity index (χ1) is 8.10. The summed E-state index contributed by atoms with van der Waals surface area (Å²) in [5.74, 6) is -0.102. The minimum absolute atomic E-state index is 0.102. The van der Waals surface area contributed by atoms with E-state index >= 15 is 0 Å². The van der Waals surface area contributed by atoms with Crippen molar-refractivity contribution in [1.82, 2.24) is 0 Å². The first-order valence-corrected chi connectivity index (χ1v) is 5.94. The third-order valence-corrected chi connectivity index (χ3v) is 2.51. The Balaban J connectivity index is 2.95. The predicted molar refractivity (Wildman–Crippen MR) is 67.3 cm³/mol. The molecule has 0 saturated heterocycles. The molecule has 0 aromatic heterocycles. The SMILES string of the molecule is CCOC(OCC)C(=O)c1cc(C)ccc1C. The van der Waals surface area contributed by atoms with Crippen LogP contribution in [0.15, 0.2) is 18.2 Å². The lowest BCUT2D eigenvalue weighted by atomic mass is 10.0. The van der Waals surface area contributed by atoms with Crippen molar-refractivity contribution < 1.29 is 14.3 Å². The summed E-state index contributed by atoms with van der Waals surface area (Å²) < 4.78 is 10.6. The molecule has 0 aliphatic carbocycles. The van der Waals surface area contributed by atoms with E-state index in [9.17, 15) is 4.79 Å². The standard InChI is InChI=1S/C14H20O3/c1-5-16-14(17-6-2)13(15)12-9-10(3)7-8-11(12)4/h7-9,14H,5-6H2,1-4H3. The third-order valence-electron chi connectivity index (χ3n) is 2.51. The molecule has 0 aliphatic heterocycles.